The van der Waals surface area contributed by atoms with E-state index in [4.69, 9.17) is 0 Å². The summed E-state index contributed by atoms with van der Waals surface area (Å²) in [6.45, 7) is 0. The van der Waals surface area contributed by atoms with E-state index >= 15 is 0 Å². The van der Waals surface area contributed by atoms with Crippen LogP contribution in [0, 0.1) is 0 Å². The van der Waals surface area contributed by atoms with Gasteiger partial charge in [0.15, 0.2) is 0 Å². The van der Waals surface area contributed by atoms with Gasteiger partial charge in [-0.15, -0.1) is 0 Å². The van der Waals surface area contributed by atoms with Crippen LogP contribution in [0.3, 0.4) is 0 Å². The standard InChI is InChI=1S/C65H45N/c1-4-18-46(19-5-1)51-22-16-23-53(45-51)58-28-13-15-33-63(58)66(56-40-36-48(37-41-56)52-35-34-47-20-10-11-21-50(47)44-52)57-42-38-49(39-43-57)59-30-17-32-62-64(59)60-29-12-14-31-61(60)65(62,54-24-6-2-7-25-54)55-26-8-3-9-27-55/h1-45H. The first-order valence-electron chi connectivity index (χ1n) is 22.8. The van der Waals surface area contributed by atoms with Crippen LogP contribution in [-0.4, -0.2) is 0 Å². The lowest BCUT2D eigenvalue weighted by Crippen LogP contribution is -2.28. The first-order valence-corrected chi connectivity index (χ1v) is 22.8. The fourth-order valence-electron chi connectivity index (χ4n) is 10.5. The molecule has 0 spiro atoms. The Morgan fingerprint density at radius 3 is 1.44 bits per heavy atom. The highest BCUT2D eigenvalue weighted by atomic mass is 15.1. The van der Waals surface area contributed by atoms with Gasteiger partial charge < -0.3 is 4.90 Å². The van der Waals surface area contributed by atoms with E-state index in [1.54, 1.807) is 0 Å². The number of para-hydroxylation sites is 1. The van der Waals surface area contributed by atoms with Crippen LogP contribution in [0.25, 0.3) is 66.4 Å². The van der Waals surface area contributed by atoms with Crippen molar-refractivity contribution in [3.63, 3.8) is 0 Å². The highest BCUT2D eigenvalue weighted by Crippen LogP contribution is 2.58. The number of nitrogens with zero attached hydrogens (tertiary/aromatic N) is 1. The maximum absolute atomic E-state index is 2.42. The Balaban J connectivity index is 0.999. The van der Waals surface area contributed by atoms with Crippen LogP contribution >= 0.6 is 0 Å². The Labute approximate surface area is 387 Å². The van der Waals surface area contributed by atoms with Gasteiger partial charge in [0, 0.05) is 16.9 Å². The molecule has 0 amide bonds. The largest absolute Gasteiger partial charge is 0.310 e. The van der Waals surface area contributed by atoms with Crippen molar-refractivity contribution in [2.45, 2.75) is 5.41 Å². The molecule has 1 heteroatoms. The Kier molecular flexibility index (Phi) is 9.81. The van der Waals surface area contributed by atoms with Crippen LogP contribution in [0.2, 0.25) is 0 Å². The van der Waals surface area contributed by atoms with Crippen molar-refractivity contribution in [2.24, 2.45) is 0 Å². The van der Waals surface area contributed by atoms with Crippen molar-refractivity contribution in [3.05, 3.63) is 295 Å². The van der Waals surface area contributed by atoms with Crippen LogP contribution in [0.15, 0.2) is 273 Å². The predicted molar refractivity (Wildman–Crippen MR) is 278 cm³/mol. The highest BCUT2D eigenvalue weighted by Gasteiger charge is 2.46. The molecule has 0 unspecified atom stereocenters. The van der Waals surface area contributed by atoms with Crippen molar-refractivity contribution < 1.29 is 0 Å². The molecule has 11 aromatic rings. The molecule has 11 aromatic carbocycles. The van der Waals surface area contributed by atoms with Gasteiger partial charge in [0.05, 0.1) is 11.1 Å². The zero-order chi connectivity index (χ0) is 43.9. The minimum absolute atomic E-state index is 0.457. The van der Waals surface area contributed by atoms with E-state index in [1.807, 2.05) is 0 Å². The molecule has 0 aliphatic heterocycles. The molecule has 0 aromatic heterocycles. The van der Waals surface area contributed by atoms with Crippen LogP contribution in [0.5, 0.6) is 0 Å². The number of fused-ring (bicyclic) bond motifs is 4. The van der Waals surface area contributed by atoms with E-state index in [0.717, 1.165) is 22.6 Å². The number of rotatable bonds is 9. The van der Waals surface area contributed by atoms with Crippen molar-refractivity contribution in [2.75, 3.05) is 4.90 Å². The molecule has 0 bridgehead atoms. The SMILES string of the molecule is c1ccc(-c2cccc(-c3ccccc3N(c3ccc(-c4ccc5ccccc5c4)cc3)c3ccc(-c4cccc5c4-c4ccccc4C5(c4ccccc4)c4ccccc4)cc3)c2)cc1. The first-order chi connectivity index (χ1) is 32.7. The zero-order valence-electron chi connectivity index (χ0n) is 36.4. The van der Waals surface area contributed by atoms with Gasteiger partial charge in [-0.3, -0.25) is 0 Å². The highest BCUT2D eigenvalue weighted by molar-refractivity contribution is 5.97. The Hall–Kier alpha value is -8.52. The van der Waals surface area contributed by atoms with Gasteiger partial charge in [0.2, 0.25) is 0 Å². The second-order valence-electron chi connectivity index (χ2n) is 17.2. The van der Waals surface area contributed by atoms with Gasteiger partial charge >= 0.3 is 0 Å². The minimum atomic E-state index is -0.457. The van der Waals surface area contributed by atoms with Gasteiger partial charge in [-0.05, 0) is 126 Å². The van der Waals surface area contributed by atoms with Crippen molar-refractivity contribution in [1.82, 2.24) is 0 Å². The van der Waals surface area contributed by atoms with Gasteiger partial charge in [0.1, 0.15) is 0 Å². The van der Waals surface area contributed by atoms with E-state index in [1.165, 1.54) is 83.1 Å². The maximum atomic E-state index is 2.42. The molecule has 1 aliphatic carbocycles. The molecular formula is C65H45N. The van der Waals surface area contributed by atoms with E-state index < -0.39 is 5.41 Å². The topological polar surface area (TPSA) is 3.24 Å². The van der Waals surface area contributed by atoms with E-state index in [2.05, 4.69) is 278 Å². The molecule has 66 heavy (non-hydrogen) atoms. The third-order valence-electron chi connectivity index (χ3n) is 13.6. The minimum Gasteiger partial charge on any atom is -0.310 e. The second-order valence-corrected chi connectivity index (χ2v) is 17.2. The Bertz CT molecular complexity index is 3460. The van der Waals surface area contributed by atoms with Crippen molar-refractivity contribution in [1.29, 1.82) is 0 Å². The average molecular weight is 840 g/mol. The summed E-state index contributed by atoms with van der Waals surface area (Å²) in [4.78, 5) is 2.42. The van der Waals surface area contributed by atoms with Gasteiger partial charge in [-0.2, -0.15) is 0 Å². The van der Waals surface area contributed by atoms with Gasteiger partial charge in [0.25, 0.3) is 0 Å². The summed E-state index contributed by atoms with van der Waals surface area (Å²) in [6, 6.07) is 99.9. The molecule has 0 heterocycles. The molecular weight excluding hydrogens is 795 g/mol. The molecule has 1 nitrogen and oxygen atoms in total. The van der Waals surface area contributed by atoms with E-state index in [-0.39, 0.29) is 0 Å². The van der Waals surface area contributed by atoms with E-state index in [9.17, 15) is 0 Å². The van der Waals surface area contributed by atoms with Gasteiger partial charge in [-0.25, -0.2) is 0 Å². The molecule has 1 aliphatic rings. The molecule has 0 radical (unpaired) electrons. The van der Waals surface area contributed by atoms with Gasteiger partial charge in [-0.1, -0.05) is 231 Å². The fourth-order valence-corrected chi connectivity index (χ4v) is 10.5. The summed E-state index contributed by atoms with van der Waals surface area (Å²) in [5, 5.41) is 2.49. The normalized spacial score (nSPS) is 12.4. The lowest BCUT2D eigenvalue weighted by atomic mass is 9.67. The number of anilines is 3. The number of hydrogen-bond donors (Lipinski definition) is 0. The molecule has 310 valence electrons. The fraction of sp³-hybridized carbons (Fsp3) is 0.0154. The van der Waals surface area contributed by atoms with Crippen molar-refractivity contribution >= 4 is 27.8 Å². The van der Waals surface area contributed by atoms with E-state index in [0.29, 0.717) is 0 Å². The van der Waals surface area contributed by atoms with Crippen LogP contribution in [0.4, 0.5) is 17.1 Å². The zero-order valence-corrected chi connectivity index (χ0v) is 36.4. The maximum Gasteiger partial charge on any atom is 0.0713 e. The lowest BCUT2D eigenvalue weighted by Gasteiger charge is -2.34. The van der Waals surface area contributed by atoms with Crippen LogP contribution in [-0.2, 0) is 5.41 Å². The monoisotopic (exact) mass is 839 g/mol. The van der Waals surface area contributed by atoms with Crippen LogP contribution < -0.4 is 4.90 Å². The lowest BCUT2D eigenvalue weighted by molar-refractivity contribution is 0.768. The number of hydrogen-bond acceptors (Lipinski definition) is 1. The quantitative estimate of drug-likeness (QED) is 0.140. The van der Waals surface area contributed by atoms with Crippen molar-refractivity contribution in [3.8, 4) is 55.6 Å². The Morgan fingerprint density at radius 1 is 0.258 bits per heavy atom. The average Bonchev–Trinajstić information content (AvgIpc) is 3.71. The summed E-state index contributed by atoms with van der Waals surface area (Å²) < 4.78 is 0. The Morgan fingerprint density at radius 2 is 0.727 bits per heavy atom. The third-order valence-corrected chi connectivity index (χ3v) is 13.6. The van der Waals surface area contributed by atoms with Crippen LogP contribution in [0.1, 0.15) is 22.3 Å². The molecule has 0 atom stereocenters. The molecule has 0 fully saturated rings. The second kappa shape index (κ2) is 16.6. The predicted octanol–water partition coefficient (Wildman–Crippen LogP) is 17.3. The summed E-state index contributed by atoms with van der Waals surface area (Å²) in [5.74, 6) is 0. The third kappa shape index (κ3) is 6.64. The molecule has 0 saturated heterocycles. The summed E-state index contributed by atoms with van der Waals surface area (Å²) in [7, 11) is 0. The molecule has 0 N–H and O–H groups in total. The molecule has 0 saturated carbocycles. The summed E-state index contributed by atoms with van der Waals surface area (Å²) in [6.07, 6.45) is 0. The molecule has 12 rings (SSSR count). The number of benzene rings is 11. The first kappa shape index (κ1) is 39.1. The summed E-state index contributed by atoms with van der Waals surface area (Å²) >= 11 is 0. The smallest absolute Gasteiger partial charge is 0.0713 e. The summed E-state index contributed by atoms with van der Waals surface area (Å²) in [5.41, 5.74) is 20.1.